The van der Waals surface area contributed by atoms with Crippen molar-refractivity contribution in [3.63, 3.8) is 0 Å². The summed E-state index contributed by atoms with van der Waals surface area (Å²) in [6.07, 6.45) is 6.33. The second-order valence-corrected chi connectivity index (χ2v) is 6.51. The number of nitro benzene ring substituents is 1. The summed E-state index contributed by atoms with van der Waals surface area (Å²) >= 11 is 3.27. The largest absolute Gasteiger partial charge is 0.379 e. The quantitative estimate of drug-likeness (QED) is 0.607. The van der Waals surface area contributed by atoms with Crippen molar-refractivity contribution in [3.05, 3.63) is 32.8 Å². The van der Waals surface area contributed by atoms with Crippen LogP contribution in [0.3, 0.4) is 0 Å². The molecule has 1 N–H and O–H groups in total. The Balaban J connectivity index is 1.93. The second-order valence-electron chi connectivity index (χ2n) is 5.59. The molecular formula is C15H21BrN2O2. The van der Waals surface area contributed by atoms with Crippen LogP contribution in [0.1, 0.15) is 39.0 Å². The molecule has 1 aliphatic rings. The summed E-state index contributed by atoms with van der Waals surface area (Å²) in [5.74, 6) is 1.52. The van der Waals surface area contributed by atoms with Gasteiger partial charge in [-0.3, -0.25) is 10.1 Å². The first-order valence-electron chi connectivity index (χ1n) is 7.28. The zero-order chi connectivity index (χ0) is 14.5. The molecule has 0 radical (unpaired) electrons. The van der Waals surface area contributed by atoms with E-state index in [0.29, 0.717) is 11.6 Å². The summed E-state index contributed by atoms with van der Waals surface area (Å²) in [7, 11) is 0. The maximum absolute atomic E-state index is 11.1. The Hall–Kier alpha value is -1.10. The van der Waals surface area contributed by atoms with Crippen molar-refractivity contribution in [2.45, 2.75) is 39.0 Å². The molecule has 0 atom stereocenters. The molecule has 0 aliphatic heterocycles. The van der Waals surface area contributed by atoms with Gasteiger partial charge < -0.3 is 5.32 Å². The SMILES string of the molecule is CCC1CCC(CNc2ccc(Br)cc2[N+](=O)[O-])CC1. The summed E-state index contributed by atoms with van der Waals surface area (Å²) in [6.45, 7) is 3.09. The number of halogens is 1. The molecule has 1 fully saturated rings. The van der Waals surface area contributed by atoms with Gasteiger partial charge in [0.1, 0.15) is 5.69 Å². The molecule has 0 bridgehead atoms. The summed E-state index contributed by atoms with van der Waals surface area (Å²) in [5, 5.41) is 14.3. The number of nitro groups is 1. The lowest BCUT2D eigenvalue weighted by molar-refractivity contribution is -0.384. The lowest BCUT2D eigenvalue weighted by atomic mass is 9.81. The Morgan fingerprint density at radius 1 is 1.30 bits per heavy atom. The van der Waals surface area contributed by atoms with E-state index in [0.717, 1.165) is 16.9 Å². The molecule has 1 aromatic rings. The summed E-state index contributed by atoms with van der Waals surface area (Å²) in [5.41, 5.74) is 0.762. The van der Waals surface area contributed by atoms with Crippen LogP contribution < -0.4 is 5.32 Å². The average molecular weight is 341 g/mol. The molecule has 20 heavy (non-hydrogen) atoms. The van der Waals surface area contributed by atoms with E-state index in [-0.39, 0.29) is 10.6 Å². The fourth-order valence-electron chi connectivity index (χ4n) is 2.90. The van der Waals surface area contributed by atoms with E-state index in [1.807, 2.05) is 6.07 Å². The van der Waals surface area contributed by atoms with Crippen molar-refractivity contribution in [3.8, 4) is 0 Å². The maximum Gasteiger partial charge on any atom is 0.293 e. The third-order valence-corrected chi connectivity index (χ3v) is 4.77. The van der Waals surface area contributed by atoms with Gasteiger partial charge in [-0.15, -0.1) is 0 Å². The molecule has 1 aromatic carbocycles. The van der Waals surface area contributed by atoms with E-state index in [1.54, 1.807) is 12.1 Å². The number of hydrogen-bond donors (Lipinski definition) is 1. The van der Waals surface area contributed by atoms with Crippen LogP contribution in [0.15, 0.2) is 22.7 Å². The lowest BCUT2D eigenvalue weighted by Gasteiger charge is -2.28. The number of benzene rings is 1. The smallest absolute Gasteiger partial charge is 0.293 e. The molecule has 5 heteroatoms. The Kier molecular flexibility index (Phi) is 5.40. The zero-order valence-electron chi connectivity index (χ0n) is 11.8. The molecule has 0 saturated heterocycles. The van der Waals surface area contributed by atoms with Crippen LogP contribution in [0.4, 0.5) is 11.4 Å². The Morgan fingerprint density at radius 2 is 1.95 bits per heavy atom. The standard InChI is InChI=1S/C15H21BrN2O2/c1-2-11-3-5-12(6-4-11)10-17-14-8-7-13(16)9-15(14)18(19)20/h7-9,11-12,17H,2-6,10H2,1H3. The monoisotopic (exact) mass is 340 g/mol. The lowest BCUT2D eigenvalue weighted by Crippen LogP contribution is -2.21. The van der Waals surface area contributed by atoms with Crippen LogP contribution in [-0.4, -0.2) is 11.5 Å². The molecular weight excluding hydrogens is 320 g/mol. The number of anilines is 1. The fourth-order valence-corrected chi connectivity index (χ4v) is 3.25. The molecule has 0 aromatic heterocycles. The highest BCUT2D eigenvalue weighted by molar-refractivity contribution is 9.10. The number of nitrogens with one attached hydrogen (secondary N) is 1. The van der Waals surface area contributed by atoms with Crippen molar-refractivity contribution in [2.24, 2.45) is 11.8 Å². The molecule has 1 aliphatic carbocycles. The third kappa shape index (κ3) is 3.95. The highest BCUT2D eigenvalue weighted by Gasteiger charge is 2.21. The molecule has 2 rings (SSSR count). The minimum atomic E-state index is -0.332. The van der Waals surface area contributed by atoms with Gasteiger partial charge in [-0.2, -0.15) is 0 Å². The van der Waals surface area contributed by atoms with Gasteiger partial charge >= 0.3 is 0 Å². The zero-order valence-corrected chi connectivity index (χ0v) is 13.4. The number of nitrogens with zero attached hydrogens (tertiary/aromatic N) is 1. The van der Waals surface area contributed by atoms with Gasteiger partial charge in [0.25, 0.3) is 5.69 Å². The van der Waals surface area contributed by atoms with Crippen LogP contribution >= 0.6 is 15.9 Å². The minimum absolute atomic E-state index is 0.140. The Bertz CT molecular complexity index is 471. The summed E-state index contributed by atoms with van der Waals surface area (Å²) in [4.78, 5) is 10.7. The van der Waals surface area contributed by atoms with E-state index >= 15 is 0 Å². The van der Waals surface area contributed by atoms with Gasteiger partial charge in [0.15, 0.2) is 0 Å². The predicted octanol–water partition coefficient (Wildman–Crippen LogP) is 4.99. The van der Waals surface area contributed by atoms with Crippen molar-refractivity contribution >= 4 is 27.3 Å². The molecule has 0 amide bonds. The van der Waals surface area contributed by atoms with Crippen LogP contribution in [-0.2, 0) is 0 Å². The van der Waals surface area contributed by atoms with E-state index in [9.17, 15) is 10.1 Å². The predicted molar refractivity (Wildman–Crippen MR) is 85.0 cm³/mol. The Morgan fingerprint density at radius 3 is 2.55 bits per heavy atom. The van der Waals surface area contributed by atoms with Gasteiger partial charge in [-0.1, -0.05) is 42.1 Å². The highest BCUT2D eigenvalue weighted by atomic mass is 79.9. The number of rotatable bonds is 5. The Labute approximate surface area is 128 Å². The first kappa shape index (κ1) is 15.3. The minimum Gasteiger partial charge on any atom is -0.379 e. The normalized spacial score (nSPS) is 22.5. The van der Waals surface area contributed by atoms with E-state index in [4.69, 9.17) is 0 Å². The first-order chi connectivity index (χ1) is 9.60. The van der Waals surface area contributed by atoms with Crippen LogP contribution in [0.5, 0.6) is 0 Å². The number of hydrogen-bond acceptors (Lipinski definition) is 3. The van der Waals surface area contributed by atoms with Crippen molar-refractivity contribution < 1.29 is 4.92 Å². The molecule has 110 valence electrons. The third-order valence-electron chi connectivity index (χ3n) is 4.28. The average Bonchev–Trinajstić information content (AvgIpc) is 2.46. The van der Waals surface area contributed by atoms with Gasteiger partial charge in [0.2, 0.25) is 0 Å². The van der Waals surface area contributed by atoms with Crippen LogP contribution in [0, 0.1) is 22.0 Å². The second kappa shape index (κ2) is 7.07. The highest BCUT2D eigenvalue weighted by Crippen LogP contribution is 2.32. The summed E-state index contributed by atoms with van der Waals surface area (Å²) in [6, 6.07) is 5.17. The van der Waals surface area contributed by atoms with E-state index in [2.05, 4.69) is 28.2 Å². The molecule has 0 unspecified atom stereocenters. The van der Waals surface area contributed by atoms with E-state index < -0.39 is 0 Å². The molecule has 4 nitrogen and oxygen atoms in total. The van der Waals surface area contributed by atoms with Gasteiger partial charge in [-0.05, 0) is 36.8 Å². The van der Waals surface area contributed by atoms with Gasteiger partial charge in [0.05, 0.1) is 4.92 Å². The van der Waals surface area contributed by atoms with Crippen LogP contribution in [0.2, 0.25) is 0 Å². The first-order valence-corrected chi connectivity index (χ1v) is 8.07. The van der Waals surface area contributed by atoms with Crippen molar-refractivity contribution in [1.29, 1.82) is 0 Å². The molecule has 0 spiro atoms. The van der Waals surface area contributed by atoms with E-state index in [1.165, 1.54) is 32.1 Å². The van der Waals surface area contributed by atoms with Gasteiger partial charge in [0, 0.05) is 17.1 Å². The van der Waals surface area contributed by atoms with Crippen LogP contribution in [0.25, 0.3) is 0 Å². The maximum atomic E-state index is 11.1. The molecule has 1 saturated carbocycles. The summed E-state index contributed by atoms with van der Waals surface area (Å²) < 4.78 is 0.734. The fraction of sp³-hybridized carbons (Fsp3) is 0.600. The molecule has 0 heterocycles. The van der Waals surface area contributed by atoms with Crippen molar-refractivity contribution in [2.75, 3.05) is 11.9 Å². The topological polar surface area (TPSA) is 55.2 Å². The van der Waals surface area contributed by atoms with Crippen molar-refractivity contribution in [1.82, 2.24) is 0 Å². The van der Waals surface area contributed by atoms with Gasteiger partial charge in [-0.25, -0.2) is 0 Å².